The number of aldehydes is 1. The van der Waals surface area contributed by atoms with E-state index in [4.69, 9.17) is 14.2 Å². The van der Waals surface area contributed by atoms with Gasteiger partial charge < -0.3 is 14.2 Å². The molecule has 1 aliphatic carbocycles. The molecule has 1 heterocycles. The van der Waals surface area contributed by atoms with E-state index < -0.39 is 24.1 Å². The van der Waals surface area contributed by atoms with Crippen molar-refractivity contribution in [3.05, 3.63) is 59.4 Å². The minimum absolute atomic E-state index is 0.203. The topological polar surface area (TPSA) is 78.9 Å². The highest BCUT2D eigenvalue weighted by molar-refractivity contribution is 5.90. The lowest BCUT2D eigenvalue weighted by Gasteiger charge is -2.33. The van der Waals surface area contributed by atoms with E-state index in [1.807, 2.05) is 30.3 Å². The lowest BCUT2D eigenvalue weighted by Crippen LogP contribution is -2.38. The SMILES string of the molecule is COC(=O)C1=COC(OC(=O)CCc2ccccc2)C2C(C=O)=CCC12. The van der Waals surface area contributed by atoms with Crippen molar-refractivity contribution >= 4 is 18.2 Å². The van der Waals surface area contributed by atoms with Gasteiger partial charge >= 0.3 is 11.9 Å². The molecule has 26 heavy (non-hydrogen) atoms. The largest absolute Gasteiger partial charge is 0.466 e. The summed E-state index contributed by atoms with van der Waals surface area (Å²) >= 11 is 0. The van der Waals surface area contributed by atoms with Crippen molar-refractivity contribution in [2.45, 2.75) is 25.6 Å². The molecule has 3 atom stereocenters. The van der Waals surface area contributed by atoms with E-state index in [0.717, 1.165) is 11.8 Å². The molecule has 1 aliphatic heterocycles. The van der Waals surface area contributed by atoms with Crippen molar-refractivity contribution < 1.29 is 28.6 Å². The molecule has 0 aromatic heterocycles. The van der Waals surface area contributed by atoms with Gasteiger partial charge in [0.2, 0.25) is 0 Å². The van der Waals surface area contributed by atoms with Crippen LogP contribution in [0.4, 0.5) is 0 Å². The first kappa shape index (κ1) is 17.9. The molecular weight excluding hydrogens is 336 g/mol. The summed E-state index contributed by atoms with van der Waals surface area (Å²) in [7, 11) is 1.29. The van der Waals surface area contributed by atoms with Crippen LogP contribution in [-0.2, 0) is 35.0 Å². The fourth-order valence-electron chi connectivity index (χ4n) is 3.38. The maximum Gasteiger partial charge on any atom is 0.337 e. The highest BCUT2D eigenvalue weighted by Crippen LogP contribution is 2.43. The molecule has 3 rings (SSSR count). The first-order valence-corrected chi connectivity index (χ1v) is 8.46. The molecule has 1 aromatic rings. The van der Waals surface area contributed by atoms with Crippen LogP contribution in [0.5, 0.6) is 0 Å². The second kappa shape index (κ2) is 7.99. The monoisotopic (exact) mass is 356 g/mol. The lowest BCUT2D eigenvalue weighted by atomic mass is 9.83. The molecule has 0 radical (unpaired) electrons. The highest BCUT2D eigenvalue weighted by atomic mass is 16.7. The van der Waals surface area contributed by atoms with Crippen LogP contribution in [0.1, 0.15) is 18.4 Å². The van der Waals surface area contributed by atoms with E-state index in [1.165, 1.54) is 13.4 Å². The summed E-state index contributed by atoms with van der Waals surface area (Å²) in [6.07, 6.45) is 4.09. The molecular formula is C20H20O6. The standard InChI is InChI=1S/C20H20O6/c1-24-19(23)16-12-25-20(18-14(11-21)8-9-15(16)18)26-17(22)10-7-13-5-3-2-4-6-13/h2-6,8,11-12,15,18,20H,7,9-10H2,1H3. The molecule has 0 saturated heterocycles. The van der Waals surface area contributed by atoms with E-state index in [1.54, 1.807) is 6.08 Å². The number of hydrogen-bond donors (Lipinski definition) is 0. The summed E-state index contributed by atoms with van der Waals surface area (Å²) in [5.41, 5.74) is 1.86. The smallest absolute Gasteiger partial charge is 0.337 e. The van der Waals surface area contributed by atoms with E-state index >= 15 is 0 Å². The van der Waals surface area contributed by atoms with Crippen LogP contribution >= 0.6 is 0 Å². The first-order chi connectivity index (χ1) is 12.6. The molecule has 136 valence electrons. The van der Waals surface area contributed by atoms with Gasteiger partial charge in [0.1, 0.15) is 6.29 Å². The van der Waals surface area contributed by atoms with E-state index in [9.17, 15) is 14.4 Å². The zero-order valence-corrected chi connectivity index (χ0v) is 14.4. The predicted octanol–water partition coefficient (Wildman–Crippen LogP) is 2.34. The van der Waals surface area contributed by atoms with Crippen LogP contribution in [0, 0.1) is 11.8 Å². The molecule has 3 unspecified atom stereocenters. The Balaban J connectivity index is 1.67. The molecule has 6 nitrogen and oxygen atoms in total. The highest BCUT2D eigenvalue weighted by Gasteiger charge is 2.45. The number of ether oxygens (including phenoxy) is 3. The van der Waals surface area contributed by atoms with Gasteiger partial charge in [-0.3, -0.25) is 9.59 Å². The number of methoxy groups -OCH3 is 1. The van der Waals surface area contributed by atoms with E-state index in [2.05, 4.69) is 0 Å². The average molecular weight is 356 g/mol. The summed E-state index contributed by atoms with van der Waals surface area (Å²) in [6.45, 7) is 0. The average Bonchev–Trinajstić information content (AvgIpc) is 3.11. The van der Waals surface area contributed by atoms with E-state index in [-0.39, 0.29) is 12.3 Å². The zero-order chi connectivity index (χ0) is 18.5. The lowest BCUT2D eigenvalue weighted by molar-refractivity contribution is -0.182. The Morgan fingerprint density at radius 3 is 2.73 bits per heavy atom. The second-order valence-corrected chi connectivity index (χ2v) is 6.23. The van der Waals surface area contributed by atoms with Gasteiger partial charge in [0.15, 0.2) is 0 Å². The maximum atomic E-state index is 12.2. The van der Waals surface area contributed by atoms with Crippen molar-refractivity contribution in [2.24, 2.45) is 11.8 Å². The minimum atomic E-state index is -0.921. The van der Waals surface area contributed by atoms with Crippen LogP contribution in [0.3, 0.4) is 0 Å². The Labute approximate surface area is 151 Å². The molecule has 0 N–H and O–H groups in total. The second-order valence-electron chi connectivity index (χ2n) is 6.23. The van der Waals surface area contributed by atoms with Gasteiger partial charge in [0, 0.05) is 12.3 Å². The number of allylic oxidation sites excluding steroid dienone is 1. The molecule has 0 saturated carbocycles. The van der Waals surface area contributed by atoms with Crippen molar-refractivity contribution in [1.29, 1.82) is 0 Å². The molecule has 0 amide bonds. The van der Waals surface area contributed by atoms with Gasteiger partial charge in [-0.05, 0) is 24.0 Å². The molecule has 1 aromatic carbocycles. The fourth-order valence-corrected chi connectivity index (χ4v) is 3.38. The maximum absolute atomic E-state index is 12.2. The van der Waals surface area contributed by atoms with Gasteiger partial charge in [-0.2, -0.15) is 0 Å². The summed E-state index contributed by atoms with van der Waals surface area (Å²) < 4.78 is 15.7. The predicted molar refractivity (Wildman–Crippen MR) is 91.6 cm³/mol. The third-order valence-corrected chi connectivity index (χ3v) is 4.71. The van der Waals surface area contributed by atoms with Crippen LogP contribution in [-0.4, -0.2) is 31.6 Å². The Morgan fingerprint density at radius 1 is 1.27 bits per heavy atom. The van der Waals surface area contributed by atoms with Gasteiger partial charge in [0.05, 0.1) is 24.9 Å². The molecule has 0 spiro atoms. The van der Waals surface area contributed by atoms with Crippen LogP contribution < -0.4 is 0 Å². The minimum Gasteiger partial charge on any atom is -0.466 e. The van der Waals surface area contributed by atoms with E-state index in [0.29, 0.717) is 24.0 Å². The van der Waals surface area contributed by atoms with Crippen LogP contribution in [0.2, 0.25) is 0 Å². The zero-order valence-electron chi connectivity index (χ0n) is 14.4. The third kappa shape index (κ3) is 3.69. The van der Waals surface area contributed by atoms with Crippen LogP contribution in [0.15, 0.2) is 53.8 Å². The molecule has 0 fully saturated rings. The Kier molecular flexibility index (Phi) is 5.51. The summed E-state index contributed by atoms with van der Waals surface area (Å²) in [4.78, 5) is 35.5. The number of carbonyl (C=O) groups is 3. The number of hydrogen-bond acceptors (Lipinski definition) is 6. The van der Waals surface area contributed by atoms with Gasteiger partial charge in [-0.25, -0.2) is 4.79 Å². The summed E-state index contributed by atoms with van der Waals surface area (Å²) in [6, 6.07) is 9.62. The Bertz CT molecular complexity index is 749. The first-order valence-electron chi connectivity index (χ1n) is 8.46. The quantitative estimate of drug-likeness (QED) is 0.575. The van der Waals surface area contributed by atoms with Crippen molar-refractivity contribution in [1.82, 2.24) is 0 Å². The number of rotatable bonds is 6. The fraction of sp³-hybridized carbons (Fsp3) is 0.350. The Morgan fingerprint density at radius 2 is 2.04 bits per heavy atom. The van der Waals surface area contributed by atoms with Crippen LogP contribution in [0.25, 0.3) is 0 Å². The van der Waals surface area contributed by atoms with Gasteiger partial charge in [-0.15, -0.1) is 0 Å². The van der Waals surface area contributed by atoms with Gasteiger partial charge in [0.25, 0.3) is 6.29 Å². The normalized spacial score (nSPS) is 23.8. The number of carbonyl (C=O) groups excluding carboxylic acids is 3. The van der Waals surface area contributed by atoms with Crippen molar-refractivity contribution in [3.8, 4) is 0 Å². The number of aryl methyl sites for hydroxylation is 1. The summed E-state index contributed by atoms with van der Waals surface area (Å²) in [5, 5.41) is 0. The molecule has 6 heteroatoms. The summed E-state index contributed by atoms with van der Waals surface area (Å²) in [5.74, 6) is -1.70. The number of fused-ring (bicyclic) bond motifs is 1. The van der Waals surface area contributed by atoms with Gasteiger partial charge in [-0.1, -0.05) is 36.4 Å². The van der Waals surface area contributed by atoms with Crippen molar-refractivity contribution in [2.75, 3.05) is 7.11 Å². The molecule has 0 bridgehead atoms. The number of esters is 2. The van der Waals surface area contributed by atoms with Crippen molar-refractivity contribution in [3.63, 3.8) is 0 Å². The molecule has 2 aliphatic rings. The third-order valence-electron chi connectivity index (χ3n) is 4.71. The Hall–Kier alpha value is -2.89. The number of benzene rings is 1.